The molecule has 274 valence electrons. The molecule has 3 atom stereocenters. The van der Waals surface area contributed by atoms with Gasteiger partial charge < -0.3 is 78.6 Å². The Balaban J connectivity index is -0.000000540. The second-order valence-electron chi connectivity index (χ2n) is 9.08. The highest BCUT2D eigenvalue weighted by Gasteiger charge is 2.20. The van der Waals surface area contributed by atoms with Gasteiger partial charge in [0.15, 0.2) is 0 Å². The number of H-pyrrole nitrogens is 1. The van der Waals surface area contributed by atoms with E-state index in [1.165, 1.54) is 0 Å². The number of nitrogens with one attached hydrogen (secondary N) is 2. The third-order valence-corrected chi connectivity index (χ3v) is 5.13. The van der Waals surface area contributed by atoms with E-state index in [0.29, 0.717) is 6.42 Å². The van der Waals surface area contributed by atoms with Gasteiger partial charge in [-0.3, -0.25) is 28.8 Å². The first-order chi connectivity index (χ1) is 22.1. The van der Waals surface area contributed by atoms with Gasteiger partial charge in [0.05, 0.1) is 13.1 Å². The van der Waals surface area contributed by atoms with E-state index in [0.717, 1.165) is 35.9 Å². The van der Waals surface area contributed by atoms with Crippen LogP contribution in [-0.4, -0.2) is 124 Å². The number of hydrogen-bond donors (Lipinski definition) is 15. The molecule has 48 heavy (non-hydrogen) atoms. The van der Waals surface area contributed by atoms with Crippen LogP contribution >= 0.6 is 7.82 Å². The zero-order chi connectivity index (χ0) is 38.0. The molecular weight excluding hydrogens is 671 g/mol. The minimum absolute atomic E-state index is 0.0231. The van der Waals surface area contributed by atoms with Gasteiger partial charge in [-0.15, -0.1) is 0 Å². The second kappa shape index (κ2) is 26.5. The average molecular weight is 715 g/mol. The van der Waals surface area contributed by atoms with Crippen molar-refractivity contribution in [1.82, 2.24) is 10.3 Å². The number of aromatic nitrogens is 1. The topological polar surface area (TPSA) is 433 Å². The molecule has 3 rings (SSSR count). The van der Waals surface area contributed by atoms with Crippen molar-refractivity contribution in [2.75, 3.05) is 19.6 Å². The zero-order valence-corrected chi connectivity index (χ0v) is 26.3. The third-order valence-electron chi connectivity index (χ3n) is 5.13. The number of rotatable bonds is 10. The summed E-state index contributed by atoms with van der Waals surface area (Å²) in [5.74, 6) is -5.82. The van der Waals surface area contributed by atoms with E-state index in [2.05, 4.69) is 21.8 Å². The lowest BCUT2D eigenvalue weighted by Crippen LogP contribution is -2.32. The van der Waals surface area contributed by atoms with Crippen LogP contribution in [0.5, 0.6) is 0 Å². The third kappa shape index (κ3) is 30.2. The molecule has 1 aromatic heterocycles. The maximum absolute atomic E-state index is 10.6. The highest BCUT2D eigenvalue weighted by Crippen LogP contribution is 2.25. The van der Waals surface area contributed by atoms with Crippen LogP contribution in [0.2, 0.25) is 0 Å². The lowest BCUT2D eigenvalue weighted by Gasteiger charge is -2.04. The summed E-state index contributed by atoms with van der Waals surface area (Å²) in [6, 6.07) is 5.59. The molecule has 22 nitrogen and oxygen atoms in total. The Morgan fingerprint density at radius 2 is 1.27 bits per heavy atom. The van der Waals surface area contributed by atoms with Crippen LogP contribution in [0.3, 0.4) is 0 Å². The van der Waals surface area contributed by atoms with E-state index < -0.39 is 55.7 Å². The highest BCUT2D eigenvalue weighted by molar-refractivity contribution is 7.45. The minimum Gasteiger partial charge on any atom is -0.481 e. The number of fused-ring (bicyclic) bond motifs is 1. The van der Waals surface area contributed by atoms with Crippen LogP contribution in [-0.2, 0) is 39.8 Å². The van der Waals surface area contributed by atoms with Gasteiger partial charge in [0.1, 0.15) is 18.1 Å². The molecule has 0 saturated carbocycles. The summed E-state index contributed by atoms with van der Waals surface area (Å²) in [5, 5.41) is 52.4. The summed E-state index contributed by atoms with van der Waals surface area (Å²) in [6.45, 7) is 0.303. The number of hydrogen-bond acceptors (Lipinski definition) is 12. The van der Waals surface area contributed by atoms with Gasteiger partial charge in [-0.2, -0.15) is 0 Å². The maximum Gasteiger partial charge on any atom is 0.466 e. The van der Waals surface area contributed by atoms with Gasteiger partial charge in [-0.25, -0.2) is 4.57 Å². The molecule has 0 radical (unpaired) electrons. The second-order valence-corrected chi connectivity index (χ2v) is 10.1. The highest BCUT2D eigenvalue weighted by atomic mass is 31.2. The molecule has 23 heteroatoms. The summed E-state index contributed by atoms with van der Waals surface area (Å²) >= 11 is 0. The molecule has 0 aliphatic carbocycles. The van der Waals surface area contributed by atoms with E-state index >= 15 is 0 Å². The standard InChI is InChI=1S/C11H12N2O2.C5H9NO4.C5H9NO2.2C2H5NO2.H3O4P/c12-9(11(14)15)5-7-6-13-10-4-2-1-3-8(7)10;6-3(5(9)10)1-2-4(7)8;7-5(8)4-2-1-3-6-4;2*3-1-2(4)5;1-5(2,3)4/h1-4,6,9,13H,5,12H2,(H,14,15);3H,1-2,6H2,(H,7,8)(H,9,10);4,6H,1-3H2,(H,7,8);2*1,3H2,(H,4,5);(H3,1,2,3,4)/t;;4-;;;/m..0.../s1. The van der Waals surface area contributed by atoms with E-state index in [9.17, 15) is 28.8 Å². The molecule has 1 aliphatic rings. The number of carboxylic acid groups (broad SMARTS) is 6. The Morgan fingerprint density at radius 1 is 0.812 bits per heavy atom. The predicted molar refractivity (Wildman–Crippen MR) is 166 cm³/mol. The van der Waals surface area contributed by atoms with Crippen molar-refractivity contribution in [2.24, 2.45) is 22.9 Å². The number of para-hydroxylation sites is 1. The molecule has 1 saturated heterocycles. The molecule has 2 aromatic rings. The van der Waals surface area contributed by atoms with Crippen molar-refractivity contribution >= 4 is 54.5 Å². The summed E-state index contributed by atoms with van der Waals surface area (Å²) in [5.41, 5.74) is 21.6. The molecule has 1 aliphatic heterocycles. The monoisotopic (exact) mass is 714 g/mol. The molecule has 1 fully saturated rings. The quantitative estimate of drug-likeness (QED) is 0.112. The summed E-state index contributed by atoms with van der Waals surface area (Å²) < 4.78 is 8.88. The number of nitrogens with two attached hydrogens (primary N) is 4. The first kappa shape index (κ1) is 47.9. The van der Waals surface area contributed by atoms with E-state index in [1.807, 2.05) is 30.5 Å². The zero-order valence-electron chi connectivity index (χ0n) is 25.4. The Bertz CT molecular complexity index is 1310. The van der Waals surface area contributed by atoms with Crippen molar-refractivity contribution in [3.05, 3.63) is 36.0 Å². The van der Waals surface area contributed by atoms with Crippen molar-refractivity contribution in [2.45, 2.75) is 50.2 Å². The van der Waals surface area contributed by atoms with Gasteiger partial charge >= 0.3 is 43.6 Å². The predicted octanol–water partition coefficient (Wildman–Crippen LogP) is -2.66. The van der Waals surface area contributed by atoms with Gasteiger partial charge in [0, 0.05) is 29.9 Å². The van der Waals surface area contributed by atoms with Crippen molar-refractivity contribution in [1.29, 1.82) is 0 Å². The van der Waals surface area contributed by atoms with E-state index in [4.69, 9.17) is 61.4 Å². The smallest absolute Gasteiger partial charge is 0.466 e. The summed E-state index contributed by atoms with van der Waals surface area (Å²) in [7, 11) is -4.64. The Hall–Kier alpha value is -4.51. The number of benzene rings is 1. The Labute approximate surface area is 272 Å². The molecular formula is C25H43N6O16P. The summed E-state index contributed by atoms with van der Waals surface area (Å²) in [6.07, 6.45) is 3.72. The fourth-order valence-corrected chi connectivity index (χ4v) is 2.92. The fourth-order valence-electron chi connectivity index (χ4n) is 2.92. The lowest BCUT2D eigenvalue weighted by atomic mass is 10.1. The molecule has 0 amide bonds. The first-order valence-corrected chi connectivity index (χ1v) is 14.9. The minimum atomic E-state index is -4.64. The van der Waals surface area contributed by atoms with Gasteiger partial charge in [0.25, 0.3) is 0 Å². The maximum atomic E-state index is 10.6. The lowest BCUT2D eigenvalue weighted by molar-refractivity contribution is -0.141. The van der Waals surface area contributed by atoms with Gasteiger partial charge in [-0.1, -0.05) is 18.2 Å². The molecule has 19 N–H and O–H groups in total. The fraction of sp³-hybridized carbons (Fsp3) is 0.440. The van der Waals surface area contributed by atoms with Gasteiger partial charge in [0.2, 0.25) is 0 Å². The number of phosphoric acid groups is 1. The van der Waals surface area contributed by atoms with Crippen molar-refractivity contribution < 1.29 is 78.7 Å². The molecule has 2 heterocycles. The largest absolute Gasteiger partial charge is 0.481 e. The molecule has 0 spiro atoms. The van der Waals surface area contributed by atoms with Gasteiger partial charge in [-0.05, 0) is 37.4 Å². The Kier molecular flexibility index (Phi) is 26.5. The summed E-state index contributed by atoms with van der Waals surface area (Å²) in [4.78, 5) is 83.8. The van der Waals surface area contributed by atoms with Crippen LogP contribution in [0.25, 0.3) is 10.9 Å². The number of carboxylic acids is 6. The SMILES string of the molecule is NC(CCC(=O)O)C(=O)O.NC(Cc1c[nH]c2ccccc12)C(=O)O.NCC(=O)O.NCC(=O)O.O=C(O)[C@@H]1CCCN1.O=P(O)(O)O. The van der Waals surface area contributed by atoms with Crippen LogP contribution in [0, 0.1) is 0 Å². The van der Waals surface area contributed by atoms with Crippen LogP contribution in [0.4, 0.5) is 0 Å². The van der Waals surface area contributed by atoms with Crippen LogP contribution < -0.4 is 28.3 Å². The van der Waals surface area contributed by atoms with E-state index in [-0.39, 0.29) is 32.0 Å². The van der Waals surface area contributed by atoms with Crippen LogP contribution in [0.1, 0.15) is 31.2 Å². The molecule has 1 aromatic carbocycles. The Morgan fingerprint density at radius 3 is 1.60 bits per heavy atom. The number of aliphatic carboxylic acids is 6. The molecule has 2 unspecified atom stereocenters. The van der Waals surface area contributed by atoms with Crippen molar-refractivity contribution in [3.8, 4) is 0 Å². The van der Waals surface area contributed by atoms with E-state index in [1.54, 1.807) is 0 Å². The normalized spacial score (nSPS) is 14.1. The average Bonchev–Trinajstić information content (AvgIpc) is 3.67. The number of aromatic amines is 1. The number of carbonyl (C=O) groups is 6. The first-order valence-electron chi connectivity index (χ1n) is 13.4. The van der Waals surface area contributed by atoms with Crippen molar-refractivity contribution in [3.63, 3.8) is 0 Å². The molecule has 0 bridgehead atoms. The van der Waals surface area contributed by atoms with Crippen LogP contribution in [0.15, 0.2) is 30.5 Å².